The zero-order chi connectivity index (χ0) is 24.0. The fourth-order valence-electron chi connectivity index (χ4n) is 4.84. The molecule has 0 unspecified atom stereocenters. The summed E-state index contributed by atoms with van der Waals surface area (Å²) in [7, 11) is 0. The van der Waals surface area contributed by atoms with Gasteiger partial charge in [-0.05, 0) is 25.8 Å². The number of ether oxygens (including phenoxy) is 2. The molecule has 2 amide bonds. The van der Waals surface area contributed by atoms with Gasteiger partial charge in [0.05, 0.1) is 0 Å². The van der Waals surface area contributed by atoms with Crippen LogP contribution in [0.4, 0.5) is 0 Å². The van der Waals surface area contributed by atoms with Crippen LogP contribution in [-0.2, 0) is 28.1 Å². The summed E-state index contributed by atoms with van der Waals surface area (Å²) in [4.78, 5) is 31.3. The molecule has 9 nitrogen and oxygen atoms in total. The molecule has 0 atom stereocenters. The van der Waals surface area contributed by atoms with E-state index in [2.05, 4.69) is 15.5 Å². The predicted octanol–water partition coefficient (Wildman–Crippen LogP) is 3.51. The van der Waals surface area contributed by atoms with Crippen LogP contribution in [0.1, 0.15) is 76.1 Å². The number of fused-ring (bicyclic) bond motifs is 1. The lowest BCUT2D eigenvalue weighted by atomic mass is 9.89. The van der Waals surface area contributed by atoms with Crippen molar-refractivity contribution in [1.82, 2.24) is 20.4 Å². The van der Waals surface area contributed by atoms with Gasteiger partial charge in [-0.2, -0.15) is 4.98 Å². The van der Waals surface area contributed by atoms with E-state index in [0.717, 1.165) is 49.8 Å². The van der Waals surface area contributed by atoms with Gasteiger partial charge in [-0.1, -0.05) is 43.0 Å². The van der Waals surface area contributed by atoms with Gasteiger partial charge in [-0.25, -0.2) is 0 Å². The summed E-state index contributed by atoms with van der Waals surface area (Å²) in [6.45, 7) is 5.53. The van der Waals surface area contributed by atoms with Crippen LogP contribution in [0, 0.1) is 0 Å². The standard InChI is InChI=1S/C25H34N4O5/c1-3-29(17-19-9-8-10-20-23(19)33-16-15-32-20)22(31)12-11-21-26-24(28-34-21)25(27-18(2)30)13-6-4-5-7-14-25/h8-10H,3-7,11-17H2,1-2H3,(H,27,30). The quantitative estimate of drug-likeness (QED) is 0.589. The summed E-state index contributed by atoms with van der Waals surface area (Å²) in [6.07, 6.45) is 6.48. The number of nitrogens with one attached hydrogen (secondary N) is 1. The molecule has 1 aromatic carbocycles. The third-order valence-electron chi connectivity index (χ3n) is 6.56. The third kappa shape index (κ3) is 5.51. The highest BCUT2D eigenvalue weighted by atomic mass is 16.6. The van der Waals surface area contributed by atoms with Gasteiger partial charge in [-0.15, -0.1) is 0 Å². The highest BCUT2D eigenvalue weighted by Crippen LogP contribution is 2.35. The molecule has 2 aliphatic rings. The SMILES string of the molecule is CCN(Cc1cccc2c1OCCO2)C(=O)CCc1nc(C2(NC(C)=O)CCCCCC2)no1. The topological polar surface area (TPSA) is 107 Å². The van der Waals surface area contributed by atoms with Crippen LogP contribution in [0.15, 0.2) is 22.7 Å². The van der Waals surface area contributed by atoms with Crippen molar-refractivity contribution in [2.24, 2.45) is 0 Å². The Morgan fingerprint density at radius 1 is 1.12 bits per heavy atom. The fourth-order valence-corrected chi connectivity index (χ4v) is 4.84. The first kappa shape index (κ1) is 24.0. The summed E-state index contributed by atoms with van der Waals surface area (Å²) < 4.78 is 16.9. The number of hydrogen-bond donors (Lipinski definition) is 1. The molecule has 0 saturated heterocycles. The first-order valence-corrected chi connectivity index (χ1v) is 12.3. The molecule has 1 saturated carbocycles. The maximum absolute atomic E-state index is 13.0. The van der Waals surface area contributed by atoms with Gasteiger partial charge < -0.3 is 24.2 Å². The van der Waals surface area contributed by atoms with E-state index in [4.69, 9.17) is 14.0 Å². The lowest BCUT2D eigenvalue weighted by molar-refractivity contribution is -0.131. The second-order valence-electron chi connectivity index (χ2n) is 9.04. The molecule has 1 N–H and O–H groups in total. The molecule has 1 aliphatic carbocycles. The highest BCUT2D eigenvalue weighted by molar-refractivity contribution is 5.76. The van der Waals surface area contributed by atoms with E-state index in [-0.39, 0.29) is 18.2 Å². The second kappa shape index (κ2) is 10.9. The Labute approximate surface area is 200 Å². The minimum atomic E-state index is -0.585. The zero-order valence-corrected chi connectivity index (χ0v) is 20.1. The molecule has 2 heterocycles. The summed E-state index contributed by atoms with van der Waals surface area (Å²) in [5.41, 5.74) is 0.343. The molecule has 1 fully saturated rings. The average Bonchev–Trinajstić information content (AvgIpc) is 3.20. The number of amides is 2. The molecular weight excluding hydrogens is 436 g/mol. The van der Waals surface area contributed by atoms with Crippen molar-refractivity contribution in [3.8, 4) is 11.5 Å². The van der Waals surface area contributed by atoms with Crippen molar-refractivity contribution in [3.05, 3.63) is 35.5 Å². The Balaban J connectivity index is 1.40. The van der Waals surface area contributed by atoms with Gasteiger partial charge in [0.15, 0.2) is 17.3 Å². The largest absolute Gasteiger partial charge is 0.486 e. The molecular formula is C25H34N4O5. The molecule has 0 radical (unpaired) electrons. The summed E-state index contributed by atoms with van der Waals surface area (Å²) in [5.74, 6) is 2.28. The Morgan fingerprint density at radius 2 is 1.88 bits per heavy atom. The van der Waals surface area contributed by atoms with E-state index in [1.54, 1.807) is 4.90 Å². The normalized spacial score (nSPS) is 17.0. The summed E-state index contributed by atoms with van der Waals surface area (Å²) >= 11 is 0. The number of rotatable bonds is 8. The van der Waals surface area contributed by atoms with Gasteiger partial charge in [0.2, 0.25) is 17.7 Å². The number of nitrogens with zero attached hydrogens (tertiary/aromatic N) is 3. The molecule has 0 spiro atoms. The van der Waals surface area contributed by atoms with Crippen LogP contribution in [0.25, 0.3) is 0 Å². The number of benzene rings is 1. The van der Waals surface area contributed by atoms with Crippen molar-refractivity contribution >= 4 is 11.8 Å². The highest BCUT2D eigenvalue weighted by Gasteiger charge is 2.38. The number of aromatic nitrogens is 2. The fraction of sp³-hybridized carbons (Fsp3) is 0.600. The van der Waals surface area contributed by atoms with Crippen LogP contribution in [0.5, 0.6) is 11.5 Å². The van der Waals surface area contributed by atoms with Crippen LogP contribution >= 0.6 is 0 Å². The monoisotopic (exact) mass is 470 g/mol. The Morgan fingerprint density at radius 3 is 2.62 bits per heavy atom. The Kier molecular flexibility index (Phi) is 7.70. The van der Waals surface area contributed by atoms with E-state index in [1.807, 2.05) is 25.1 Å². The van der Waals surface area contributed by atoms with E-state index in [9.17, 15) is 9.59 Å². The smallest absolute Gasteiger partial charge is 0.227 e. The van der Waals surface area contributed by atoms with Crippen molar-refractivity contribution in [2.75, 3.05) is 19.8 Å². The van der Waals surface area contributed by atoms with Crippen molar-refractivity contribution < 1.29 is 23.6 Å². The van der Waals surface area contributed by atoms with Crippen molar-refractivity contribution in [1.29, 1.82) is 0 Å². The molecule has 4 rings (SSSR count). The van der Waals surface area contributed by atoms with Crippen molar-refractivity contribution in [3.63, 3.8) is 0 Å². The van der Waals surface area contributed by atoms with Gasteiger partial charge in [0, 0.05) is 38.4 Å². The van der Waals surface area contributed by atoms with Crippen LogP contribution < -0.4 is 14.8 Å². The molecule has 9 heteroatoms. The number of para-hydroxylation sites is 1. The van der Waals surface area contributed by atoms with Gasteiger partial charge >= 0.3 is 0 Å². The predicted molar refractivity (Wildman–Crippen MR) is 124 cm³/mol. The maximum Gasteiger partial charge on any atom is 0.227 e. The van der Waals surface area contributed by atoms with Crippen LogP contribution in [0.3, 0.4) is 0 Å². The van der Waals surface area contributed by atoms with Gasteiger partial charge in [0.25, 0.3) is 0 Å². The van der Waals surface area contributed by atoms with E-state index >= 15 is 0 Å². The molecule has 0 bridgehead atoms. The molecule has 1 aromatic heterocycles. The zero-order valence-electron chi connectivity index (χ0n) is 20.1. The maximum atomic E-state index is 13.0. The minimum absolute atomic E-state index is 0.00243. The number of carbonyl (C=O) groups excluding carboxylic acids is 2. The first-order valence-electron chi connectivity index (χ1n) is 12.3. The number of carbonyl (C=O) groups is 2. The van der Waals surface area contributed by atoms with Crippen LogP contribution in [0.2, 0.25) is 0 Å². The van der Waals surface area contributed by atoms with Crippen LogP contribution in [-0.4, -0.2) is 46.6 Å². The first-order chi connectivity index (χ1) is 16.5. The average molecular weight is 471 g/mol. The molecule has 1 aliphatic heterocycles. The van der Waals surface area contributed by atoms with Gasteiger partial charge in [0.1, 0.15) is 18.8 Å². The number of hydrogen-bond acceptors (Lipinski definition) is 7. The lowest BCUT2D eigenvalue weighted by Crippen LogP contribution is -2.45. The van der Waals surface area contributed by atoms with Gasteiger partial charge in [-0.3, -0.25) is 9.59 Å². The minimum Gasteiger partial charge on any atom is -0.486 e. The van der Waals surface area contributed by atoms with E-state index < -0.39 is 5.54 Å². The van der Waals surface area contributed by atoms with Crippen molar-refractivity contribution in [2.45, 2.75) is 77.3 Å². The lowest BCUT2D eigenvalue weighted by Gasteiger charge is -2.30. The Bertz CT molecular complexity index is 997. The molecule has 184 valence electrons. The number of aryl methyl sites for hydroxylation is 1. The molecule has 2 aromatic rings. The second-order valence-corrected chi connectivity index (χ2v) is 9.04. The Hall–Kier alpha value is -3.10. The van der Waals surface area contributed by atoms with E-state index in [0.29, 0.717) is 50.2 Å². The summed E-state index contributed by atoms with van der Waals surface area (Å²) in [5, 5.41) is 7.30. The van der Waals surface area contributed by atoms with E-state index in [1.165, 1.54) is 6.92 Å². The molecule has 34 heavy (non-hydrogen) atoms. The summed E-state index contributed by atoms with van der Waals surface area (Å²) in [6, 6.07) is 5.76. The third-order valence-corrected chi connectivity index (χ3v) is 6.56.